The van der Waals surface area contributed by atoms with Crippen molar-refractivity contribution in [1.29, 1.82) is 0 Å². The maximum Gasteiger partial charge on any atom is 0.266 e. The number of rotatable bonds is 4. The van der Waals surface area contributed by atoms with Crippen LogP contribution in [0.2, 0.25) is 5.02 Å². The standard InChI is InChI=1S/C22H17ClF2N4O/c1-29-20(30)22(28-21(29)26,15-6-7-27-19(11-15)12-24)16-8-14(9-17(23)10-16)13-2-4-18(25)5-3-13/h2-11H,12H2,1H3,(H2,26,28). The highest BCUT2D eigenvalue weighted by Gasteiger charge is 2.50. The average molecular weight is 427 g/mol. The van der Waals surface area contributed by atoms with Crippen molar-refractivity contribution in [3.05, 3.63) is 88.5 Å². The highest BCUT2D eigenvalue weighted by molar-refractivity contribution is 6.31. The SMILES string of the molecule is CN1C(=O)C(c2cc(Cl)cc(-c3ccc(F)cc3)c2)(c2ccnc(CF)c2)N=C1N. The minimum absolute atomic E-state index is 0.0296. The minimum atomic E-state index is -1.54. The zero-order chi connectivity index (χ0) is 21.5. The highest BCUT2D eigenvalue weighted by Crippen LogP contribution is 2.41. The van der Waals surface area contributed by atoms with Gasteiger partial charge < -0.3 is 5.73 Å². The van der Waals surface area contributed by atoms with Gasteiger partial charge in [-0.2, -0.15) is 0 Å². The molecule has 0 aliphatic carbocycles. The molecular formula is C22H17ClF2N4O. The molecule has 2 N–H and O–H groups in total. The van der Waals surface area contributed by atoms with Crippen LogP contribution in [0.5, 0.6) is 0 Å². The number of nitrogens with zero attached hydrogens (tertiary/aromatic N) is 3. The van der Waals surface area contributed by atoms with Crippen LogP contribution >= 0.6 is 11.6 Å². The molecule has 1 aromatic heterocycles. The van der Waals surface area contributed by atoms with E-state index in [-0.39, 0.29) is 17.5 Å². The van der Waals surface area contributed by atoms with Gasteiger partial charge in [0.25, 0.3) is 5.91 Å². The highest BCUT2D eigenvalue weighted by atomic mass is 35.5. The number of likely N-dealkylation sites (N-methyl/N-ethyl adjacent to an activating group) is 1. The number of halogens is 3. The van der Waals surface area contributed by atoms with E-state index in [1.165, 1.54) is 36.3 Å². The first-order chi connectivity index (χ1) is 14.3. The van der Waals surface area contributed by atoms with Crippen molar-refractivity contribution in [2.24, 2.45) is 10.7 Å². The summed E-state index contributed by atoms with van der Waals surface area (Å²) in [5, 5.41) is 0.363. The van der Waals surface area contributed by atoms with Crippen molar-refractivity contribution in [3.63, 3.8) is 0 Å². The minimum Gasteiger partial charge on any atom is -0.369 e. The molecule has 3 aromatic rings. The van der Waals surface area contributed by atoms with Crippen LogP contribution in [0.4, 0.5) is 8.78 Å². The Labute approximate surface area is 176 Å². The predicted octanol–water partition coefficient (Wildman–Crippen LogP) is 4.04. The van der Waals surface area contributed by atoms with Crippen molar-refractivity contribution in [3.8, 4) is 11.1 Å². The van der Waals surface area contributed by atoms with E-state index < -0.39 is 18.1 Å². The molecule has 0 spiro atoms. The molecule has 4 rings (SSSR count). The third-order valence-corrected chi connectivity index (χ3v) is 5.32. The van der Waals surface area contributed by atoms with E-state index in [4.69, 9.17) is 17.3 Å². The van der Waals surface area contributed by atoms with Gasteiger partial charge in [0.2, 0.25) is 0 Å². The van der Waals surface area contributed by atoms with Crippen LogP contribution < -0.4 is 5.73 Å². The third-order valence-electron chi connectivity index (χ3n) is 5.10. The summed E-state index contributed by atoms with van der Waals surface area (Å²) in [6.07, 6.45) is 1.43. The molecule has 152 valence electrons. The molecule has 0 radical (unpaired) electrons. The van der Waals surface area contributed by atoms with Crippen molar-refractivity contribution >= 4 is 23.5 Å². The van der Waals surface area contributed by atoms with Gasteiger partial charge in [0.05, 0.1) is 5.69 Å². The van der Waals surface area contributed by atoms with Gasteiger partial charge in [0, 0.05) is 18.3 Å². The zero-order valence-corrected chi connectivity index (χ0v) is 16.7. The Bertz CT molecular complexity index is 1170. The lowest BCUT2D eigenvalue weighted by atomic mass is 9.82. The summed E-state index contributed by atoms with van der Waals surface area (Å²) in [6, 6.07) is 14.1. The molecule has 2 heterocycles. The van der Waals surface area contributed by atoms with Crippen LogP contribution in [-0.4, -0.2) is 28.8 Å². The number of pyridine rings is 1. The molecule has 1 aliphatic heterocycles. The lowest BCUT2D eigenvalue weighted by Gasteiger charge is -2.27. The summed E-state index contributed by atoms with van der Waals surface area (Å²) in [4.78, 5) is 23.1. The van der Waals surface area contributed by atoms with Crippen LogP contribution in [0.25, 0.3) is 11.1 Å². The number of benzene rings is 2. The van der Waals surface area contributed by atoms with Gasteiger partial charge in [-0.25, -0.2) is 13.8 Å². The molecular weight excluding hydrogens is 410 g/mol. The monoisotopic (exact) mass is 426 g/mol. The van der Waals surface area contributed by atoms with E-state index in [1.54, 1.807) is 36.4 Å². The number of carbonyl (C=O) groups excluding carboxylic acids is 1. The van der Waals surface area contributed by atoms with E-state index >= 15 is 0 Å². The van der Waals surface area contributed by atoms with Gasteiger partial charge in [-0.3, -0.25) is 14.7 Å². The number of hydrogen-bond donors (Lipinski definition) is 1. The third kappa shape index (κ3) is 3.21. The molecule has 8 heteroatoms. The van der Waals surface area contributed by atoms with E-state index in [2.05, 4.69) is 9.98 Å². The maximum atomic E-state index is 13.4. The van der Waals surface area contributed by atoms with Gasteiger partial charge in [-0.15, -0.1) is 0 Å². The fraction of sp³-hybridized carbons (Fsp3) is 0.136. The summed E-state index contributed by atoms with van der Waals surface area (Å²) in [6.45, 7) is -0.788. The number of amides is 1. The van der Waals surface area contributed by atoms with Crippen LogP contribution in [-0.2, 0) is 17.0 Å². The fourth-order valence-corrected chi connectivity index (χ4v) is 3.80. The summed E-state index contributed by atoms with van der Waals surface area (Å²) in [7, 11) is 1.52. The van der Waals surface area contributed by atoms with Gasteiger partial charge >= 0.3 is 0 Å². The second-order valence-corrected chi connectivity index (χ2v) is 7.39. The average Bonchev–Trinajstić information content (AvgIpc) is 2.98. The normalized spacial score (nSPS) is 18.6. The molecule has 1 amide bonds. The molecule has 30 heavy (non-hydrogen) atoms. The Morgan fingerprint density at radius 1 is 1.07 bits per heavy atom. The summed E-state index contributed by atoms with van der Waals surface area (Å²) < 4.78 is 26.6. The largest absolute Gasteiger partial charge is 0.369 e. The first-order valence-corrected chi connectivity index (χ1v) is 9.45. The summed E-state index contributed by atoms with van der Waals surface area (Å²) >= 11 is 6.39. The Morgan fingerprint density at radius 3 is 2.43 bits per heavy atom. The molecule has 0 saturated heterocycles. The maximum absolute atomic E-state index is 13.4. The number of aromatic nitrogens is 1. The Hall–Kier alpha value is -3.32. The quantitative estimate of drug-likeness (QED) is 0.684. The number of nitrogens with two attached hydrogens (primary N) is 1. The molecule has 1 atom stereocenters. The number of carbonyl (C=O) groups is 1. The van der Waals surface area contributed by atoms with E-state index in [0.717, 1.165) is 0 Å². The topological polar surface area (TPSA) is 71.6 Å². The van der Waals surface area contributed by atoms with E-state index in [0.29, 0.717) is 27.3 Å². The zero-order valence-electron chi connectivity index (χ0n) is 15.9. The van der Waals surface area contributed by atoms with Crippen molar-refractivity contribution in [2.75, 3.05) is 7.05 Å². The van der Waals surface area contributed by atoms with Crippen LogP contribution in [0.15, 0.2) is 65.8 Å². The van der Waals surface area contributed by atoms with E-state index in [9.17, 15) is 13.6 Å². The van der Waals surface area contributed by atoms with Gasteiger partial charge in [0.15, 0.2) is 11.5 Å². The molecule has 1 aliphatic rings. The van der Waals surface area contributed by atoms with Crippen LogP contribution in [0.3, 0.4) is 0 Å². The number of aliphatic imine (C=N–C) groups is 1. The molecule has 1 unspecified atom stereocenters. The van der Waals surface area contributed by atoms with Gasteiger partial charge in [-0.05, 0) is 64.7 Å². The van der Waals surface area contributed by atoms with Crippen LogP contribution in [0, 0.1) is 5.82 Å². The summed E-state index contributed by atoms with van der Waals surface area (Å²) in [5.41, 5.74) is 6.89. The molecule has 0 bridgehead atoms. The number of hydrogen-bond acceptors (Lipinski definition) is 4. The smallest absolute Gasteiger partial charge is 0.266 e. The Balaban J connectivity index is 1.97. The molecule has 2 aromatic carbocycles. The lowest BCUT2D eigenvalue weighted by molar-refractivity contribution is -0.129. The molecule has 0 saturated carbocycles. The van der Waals surface area contributed by atoms with Crippen LogP contribution in [0.1, 0.15) is 16.8 Å². The first-order valence-electron chi connectivity index (χ1n) is 9.07. The van der Waals surface area contributed by atoms with Crippen molar-refractivity contribution in [1.82, 2.24) is 9.88 Å². The second-order valence-electron chi connectivity index (χ2n) is 6.95. The molecule has 5 nitrogen and oxygen atoms in total. The Kier molecular flexibility index (Phi) is 4.99. The lowest BCUT2D eigenvalue weighted by Crippen LogP contribution is -2.41. The Morgan fingerprint density at radius 2 is 1.80 bits per heavy atom. The summed E-state index contributed by atoms with van der Waals surface area (Å²) in [5.74, 6) is -0.733. The fourth-order valence-electron chi connectivity index (χ4n) is 3.57. The second kappa shape index (κ2) is 7.50. The number of guanidine groups is 1. The van der Waals surface area contributed by atoms with E-state index in [1.807, 2.05) is 0 Å². The first kappa shape index (κ1) is 20.0. The number of alkyl halides is 1. The molecule has 0 fully saturated rings. The van der Waals surface area contributed by atoms with Gasteiger partial charge in [0.1, 0.15) is 12.5 Å². The predicted molar refractivity (Wildman–Crippen MR) is 111 cm³/mol. The van der Waals surface area contributed by atoms with Gasteiger partial charge in [-0.1, -0.05) is 23.7 Å². The van der Waals surface area contributed by atoms with Crippen molar-refractivity contribution in [2.45, 2.75) is 12.2 Å². The van der Waals surface area contributed by atoms with Crippen molar-refractivity contribution < 1.29 is 13.6 Å².